The summed E-state index contributed by atoms with van der Waals surface area (Å²) in [5, 5.41) is 3.29. The number of rotatable bonds is 6. The van der Waals surface area contributed by atoms with Gasteiger partial charge in [0.15, 0.2) is 4.77 Å². The van der Waals surface area contributed by atoms with Gasteiger partial charge in [-0.3, -0.25) is 9.59 Å². The Kier molecular flexibility index (Phi) is 6.06. The van der Waals surface area contributed by atoms with Crippen molar-refractivity contribution in [1.82, 2.24) is 14.9 Å². The number of carbonyl (C=O) groups excluding carboxylic acids is 1. The fourth-order valence-corrected chi connectivity index (χ4v) is 3.95. The first-order chi connectivity index (χ1) is 15.0. The lowest BCUT2D eigenvalue weighted by Crippen LogP contribution is -2.31. The number of aromatic amines is 1. The Morgan fingerprint density at radius 1 is 1.26 bits per heavy atom. The molecule has 1 unspecified atom stereocenters. The number of methoxy groups -OCH3 is 2. The van der Waals surface area contributed by atoms with E-state index < -0.39 is 0 Å². The highest BCUT2D eigenvalue weighted by atomic mass is 32.1. The number of aromatic nitrogens is 2. The van der Waals surface area contributed by atoms with Gasteiger partial charge < -0.3 is 24.5 Å². The highest BCUT2D eigenvalue weighted by molar-refractivity contribution is 7.71. The molecule has 2 aromatic carbocycles. The zero-order valence-corrected chi connectivity index (χ0v) is 18.1. The average Bonchev–Trinajstić information content (AvgIpc) is 3.31. The van der Waals surface area contributed by atoms with E-state index in [2.05, 4.69) is 10.3 Å². The van der Waals surface area contributed by atoms with Gasteiger partial charge in [-0.15, -0.1) is 0 Å². The van der Waals surface area contributed by atoms with Gasteiger partial charge in [0.2, 0.25) is 0 Å². The van der Waals surface area contributed by atoms with Crippen LogP contribution in [0, 0.1) is 4.77 Å². The number of amides is 1. The number of nitrogens with one attached hydrogen (secondary N) is 2. The van der Waals surface area contributed by atoms with Crippen LogP contribution < -0.4 is 20.3 Å². The van der Waals surface area contributed by atoms with Gasteiger partial charge >= 0.3 is 0 Å². The summed E-state index contributed by atoms with van der Waals surface area (Å²) < 4.78 is 17.7. The summed E-state index contributed by atoms with van der Waals surface area (Å²) >= 11 is 5.45. The van der Waals surface area contributed by atoms with Crippen molar-refractivity contribution in [3.05, 3.63) is 57.1 Å². The standard InChI is InChI=1S/C22H23N3O5S/c1-28-14-6-8-18(19(11-14)29-2)25-21(27)16-7-5-13(10-17(16)24-22(25)31)20(26)23-12-15-4-3-9-30-15/h5-8,10-11,15H,3-4,9,12H2,1-2H3,(H,23,26)(H,24,31). The zero-order valence-electron chi connectivity index (χ0n) is 17.3. The molecule has 0 radical (unpaired) electrons. The largest absolute Gasteiger partial charge is 0.497 e. The van der Waals surface area contributed by atoms with Crippen LogP contribution in [0.25, 0.3) is 16.6 Å². The fourth-order valence-electron chi connectivity index (χ4n) is 3.66. The zero-order chi connectivity index (χ0) is 22.0. The number of fused-ring (bicyclic) bond motifs is 1. The summed E-state index contributed by atoms with van der Waals surface area (Å²) in [4.78, 5) is 28.8. The quantitative estimate of drug-likeness (QED) is 0.571. The number of hydrogen-bond donors (Lipinski definition) is 2. The molecule has 1 atom stereocenters. The van der Waals surface area contributed by atoms with Crippen molar-refractivity contribution in [3.63, 3.8) is 0 Å². The van der Waals surface area contributed by atoms with E-state index in [4.69, 9.17) is 26.4 Å². The monoisotopic (exact) mass is 441 g/mol. The van der Waals surface area contributed by atoms with Crippen LogP contribution in [0.4, 0.5) is 0 Å². The summed E-state index contributed by atoms with van der Waals surface area (Å²) in [6.45, 7) is 1.20. The van der Waals surface area contributed by atoms with Crippen molar-refractivity contribution >= 4 is 29.0 Å². The van der Waals surface area contributed by atoms with Gasteiger partial charge in [0.1, 0.15) is 11.5 Å². The second kappa shape index (κ2) is 8.91. The van der Waals surface area contributed by atoms with Crippen LogP contribution in [0.1, 0.15) is 23.2 Å². The fraction of sp³-hybridized carbons (Fsp3) is 0.318. The minimum absolute atomic E-state index is 0.0573. The van der Waals surface area contributed by atoms with Gasteiger partial charge in [0.25, 0.3) is 11.5 Å². The lowest BCUT2D eigenvalue weighted by Gasteiger charge is -2.14. The Balaban J connectivity index is 1.70. The van der Waals surface area contributed by atoms with Crippen molar-refractivity contribution in [2.45, 2.75) is 18.9 Å². The van der Waals surface area contributed by atoms with E-state index in [9.17, 15) is 9.59 Å². The minimum atomic E-state index is -0.312. The van der Waals surface area contributed by atoms with E-state index in [-0.39, 0.29) is 22.3 Å². The number of benzene rings is 2. The van der Waals surface area contributed by atoms with Crippen LogP contribution >= 0.6 is 12.2 Å². The maximum Gasteiger partial charge on any atom is 0.266 e. The molecular weight excluding hydrogens is 418 g/mol. The summed E-state index contributed by atoms with van der Waals surface area (Å²) in [5.74, 6) is 0.825. The van der Waals surface area contributed by atoms with Crippen molar-refractivity contribution < 1.29 is 19.0 Å². The first-order valence-electron chi connectivity index (χ1n) is 9.93. The van der Waals surface area contributed by atoms with Gasteiger partial charge in [-0.1, -0.05) is 0 Å². The van der Waals surface area contributed by atoms with E-state index in [0.29, 0.717) is 40.2 Å². The van der Waals surface area contributed by atoms with Crippen LogP contribution in [0.15, 0.2) is 41.2 Å². The maximum absolute atomic E-state index is 13.2. The SMILES string of the molecule is COc1ccc(-n2c(=S)[nH]c3cc(C(=O)NCC4CCCO4)ccc3c2=O)c(OC)c1. The van der Waals surface area contributed by atoms with Crippen LogP contribution in [0.2, 0.25) is 0 Å². The van der Waals surface area contributed by atoms with Gasteiger partial charge in [0, 0.05) is 24.8 Å². The van der Waals surface area contributed by atoms with Gasteiger partial charge in [-0.25, -0.2) is 4.57 Å². The Morgan fingerprint density at radius 2 is 2.10 bits per heavy atom. The molecule has 0 saturated carbocycles. The third kappa shape index (κ3) is 4.19. The molecule has 9 heteroatoms. The number of H-pyrrole nitrogens is 1. The Labute approximate surface area is 183 Å². The summed E-state index contributed by atoms with van der Waals surface area (Å²) in [5.41, 5.74) is 1.11. The van der Waals surface area contributed by atoms with Crippen molar-refractivity contribution in [1.29, 1.82) is 0 Å². The molecule has 8 nitrogen and oxygen atoms in total. The molecule has 31 heavy (non-hydrogen) atoms. The van der Waals surface area contributed by atoms with E-state index in [1.54, 1.807) is 43.5 Å². The number of nitrogens with zero attached hydrogens (tertiary/aromatic N) is 1. The molecule has 2 N–H and O–H groups in total. The molecule has 3 aromatic rings. The number of hydrogen-bond acceptors (Lipinski definition) is 6. The molecule has 1 aliphatic rings. The van der Waals surface area contributed by atoms with Crippen molar-refractivity contribution in [2.24, 2.45) is 0 Å². The molecule has 0 spiro atoms. The summed E-state index contributed by atoms with van der Waals surface area (Å²) in [6, 6.07) is 10.00. The molecule has 0 bridgehead atoms. The number of carbonyl (C=O) groups is 1. The van der Waals surface area contributed by atoms with Crippen molar-refractivity contribution in [2.75, 3.05) is 27.4 Å². The van der Waals surface area contributed by atoms with Gasteiger partial charge in [0.05, 0.1) is 36.9 Å². The maximum atomic E-state index is 13.2. The van der Waals surface area contributed by atoms with E-state index in [1.807, 2.05) is 0 Å². The molecule has 1 aromatic heterocycles. The second-order valence-corrected chi connectivity index (χ2v) is 7.60. The third-order valence-corrected chi connectivity index (χ3v) is 5.59. The Hall–Kier alpha value is -3.17. The van der Waals surface area contributed by atoms with Crippen LogP contribution in [-0.4, -0.2) is 48.9 Å². The smallest absolute Gasteiger partial charge is 0.266 e. The molecule has 1 amide bonds. The molecular formula is C22H23N3O5S. The van der Waals surface area contributed by atoms with E-state index >= 15 is 0 Å². The Bertz CT molecular complexity index is 1240. The molecule has 1 saturated heterocycles. The topological polar surface area (TPSA) is 94.6 Å². The van der Waals surface area contributed by atoms with E-state index in [1.165, 1.54) is 11.7 Å². The molecule has 1 fully saturated rings. The highest BCUT2D eigenvalue weighted by Gasteiger charge is 2.18. The molecule has 162 valence electrons. The molecule has 4 rings (SSSR count). The first kappa shape index (κ1) is 21.1. The van der Waals surface area contributed by atoms with Crippen LogP contribution in [0.5, 0.6) is 11.5 Å². The molecule has 2 heterocycles. The first-order valence-corrected chi connectivity index (χ1v) is 10.3. The summed E-state index contributed by atoms with van der Waals surface area (Å²) in [7, 11) is 3.07. The predicted octanol–water partition coefficient (Wildman–Crippen LogP) is 2.97. The minimum Gasteiger partial charge on any atom is -0.497 e. The highest BCUT2D eigenvalue weighted by Crippen LogP contribution is 2.27. The average molecular weight is 442 g/mol. The lowest BCUT2D eigenvalue weighted by atomic mass is 10.1. The van der Waals surface area contributed by atoms with Crippen LogP contribution in [0.3, 0.4) is 0 Å². The normalized spacial score (nSPS) is 15.7. The molecule has 1 aliphatic heterocycles. The van der Waals surface area contributed by atoms with Gasteiger partial charge in [-0.05, 0) is 55.4 Å². The lowest BCUT2D eigenvalue weighted by molar-refractivity contribution is 0.0858. The predicted molar refractivity (Wildman–Crippen MR) is 119 cm³/mol. The van der Waals surface area contributed by atoms with E-state index in [0.717, 1.165) is 19.4 Å². The second-order valence-electron chi connectivity index (χ2n) is 7.21. The van der Waals surface area contributed by atoms with Crippen molar-refractivity contribution in [3.8, 4) is 17.2 Å². The third-order valence-electron chi connectivity index (χ3n) is 5.30. The number of ether oxygens (including phenoxy) is 3. The Morgan fingerprint density at radius 3 is 2.81 bits per heavy atom. The van der Waals surface area contributed by atoms with Gasteiger partial charge in [-0.2, -0.15) is 0 Å². The summed E-state index contributed by atoms with van der Waals surface area (Å²) in [6.07, 6.45) is 2.01. The molecule has 0 aliphatic carbocycles. The van der Waals surface area contributed by atoms with Crippen LogP contribution in [-0.2, 0) is 4.74 Å².